The van der Waals surface area contributed by atoms with E-state index in [1.807, 2.05) is 78.2 Å². The molecule has 0 bridgehead atoms. The maximum Gasteiger partial charge on any atom is 0.416 e. The molecule has 2 aliphatic carbocycles. The van der Waals surface area contributed by atoms with E-state index in [-0.39, 0.29) is 0 Å². The lowest BCUT2D eigenvalue weighted by Crippen LogP contribution is -2.18. The molecule has 0 atom stereocenters. The molecule has 61 heavy (non-hydrogen) atoms. The minimum absolute atomic E-state index is 0.416. The van der Waals surface area contributed by atoms with Gasteiger partial charge in [-0.1, -0.05) is 69.2 Å². The molecule has 0 aromatic heterocycles. The number of aryl methyl sites for hydroxylation is 3. The van der Waals surface area contributed by atoms with Gasteiger partial charge >= 0.3 is 12.4 Å². The first-order valence-electron chi connectivity index (χ1n) is 20.3. The molecule has 0 saturated heterocycles. The Labute approximate surface area is 352 Å². The van der Waals surface area contributed by atoms with Crippen LogP contribution < -0.4 is 9.80 Å². The molecule has 0 N–H and O–H groups in total. The second-order valence-corrected chi connectivity index (χ2v) is 17.5. The van der Waals surface area contributed by atoms with Gasteiger partial charge in [-0.15, -0.1) is 0 Å². The van der Waals surface area contributed by atoms with Gasteiger partial charge in [-0.25, -0.2) is 0 Å². The van der Waals surface area contributed by atoms with E-state index in [1.165, 1.54) is 35.4 Å². The van der Waals surface area contributed by atoms with Crippen LogP contribution >= 0.6 is 0 Å². The van der Waals surface area contributed by atoms with Gasteiger partial charge < -0.3 is 9.80 Å². The molecule has 9 rings (SSSR count). The summed E-state index contributed by atoms with van der Waals surface area (Å²) >= 11 is 0. The summed E-state index contributed by atoms with van der Waals surface area (Å²) in [5.74, 6) is 0. The zero-order chi connectivity index (χ0) is 43.4. The van der Waals surface area contributed by atoms with Crippen LogP contribution in [0.4, 0.5) is 60.5 Å². The first kappa shape index (κ1) is 40.1. The zero-order valence-corrected chi connectivity index (χ0v) is 34.9. The van der Waals surface area contributed by atoms with Crippen molar-refractivity contribution in [2.75, 3.05) is 9.80 Å². The molecule has 0 amide bonds. The fourth-order valence-corrected chi connectivity index (χ4v) is 9.41. The van der Waals surface area contributed by atoms with Gasteiger partial charge in [0.25, 0.3) is 0 Å². The van der Waals surface area contributed by atoms with Crippen molar-refractivity contribution >= 4 is 34.1 Å². The van der Waals surface area contributed by atoms with Gasteiger partial charge in [-0.2, -0.15) is 26.3 Å². The molecule has 0 unspecified atom stereocenters. The van der Waals surface area contributed by atoms with E-state index in [4.69, 9.17) is 0 Å². The summed E-state index contributed by atoms with van der Waals surface area (Å²) in [6.45, 7) is 15.0. The number of alkyl halides is 6. The average Bonchev–Trinajstić information content (AvgIpc) is 3.57. The third-order valence-corrected chi connectivity index (χ3v) is 12.7. The highest BCUT2D eigenvalue weighted by Gasteiger charge is 2.43. The van der Waals surface area contributed by atoms with Crippen molar-refractivity contribution in [2.24, 2.45) is 0 Å². The van der Waals surface area contributed by atoms with Crippen molar-refractivity contribution in [3.05, 3.63) is 190 Å². The van der Waals surface area contributed by atoms with Crippen molar-refractivity contribution in [1.29, 1.82) is 0 Å². The van der Waals surface area contributed by atoms with Gasteiger partial charge in [0.15, 0.2) is 0 Å². The smallest absolute Gasteiger partial charge is 0.310 e. The molecule has 0 aliphatic heterocycles. The molecule has 7 aromatic carbocycles. The Morgan fingerprint density at radius 1 is 0.361 bits per heavy atom. The summed E-state index contributed by atoms with van der Waals surface area (Å²) in [6.07, 6.45) is -8.88. The predicted octanol–water partition coefficient (Wildman–Crippen LogP) is 16.2. The van der Waals surface area contributed by atoms with Crippen molar-refractivity contribution in [1.82, 2.24) is 0 Å². The number of rotatable bonds is 6. The minimum Gasteiger partial charge on any atom is -0.310 e. The molecule has 0 fully saturated rings. The second-order valence-electron chi connectivity index (χ2n) is 17.5. The van der Waals surface area contributed by atoms with Gasteiger partial charge in [-0.3, -0.25) is 0 Å². The summed E-state index contributed by atoms with van der Waals surface area (Å²) < 4.78 is 81.7. The molecule has 0 radical (unpaired) electrons. The fraction of sp³-hybridized carbons (Fsp3) is 0.208. The summed E-state index contributed by atoms with van der Waals surface area (Å²) in [5.41, 5.74) is 14.8. The van der Waals surface area contributed by atoms with E-state index >= 15 is 0 Å². The highest BCUT2D eigenvalue weighted by molar-refractivity contribution is 5.93. The van der Waals surface area contributed by atoms with Crippen LogP contribution in [0.25, 0.3) is 22.3 Å². The van der Waals surface area contributed by atoms with Crippen LogP contribution in [0.15, 0.2) is 140 Å². The first-order valence-corrected chi connectivity index (χ1v) is 20.3. The Morgan fingerprint density at radius 2 is 0.721 bits per heavy atom. The van der Waals surface area contributed by atoms with E-state index in [1.54, 1.807) is 0 Å². The van der Waals surface area contributed by atoms with Crippen LogP contribution in [0.3, 0.4) is 0 Å². The number of halogens is 6. The van der Waals surface area contributed by atoms with Crippen LogP contribution in [0.5, 0.6) is 0 Å². The number of benzene rings is 7. The fourth-order valence-electron chi connectivity index (χ4n) is 9.41. The van der Waals surface area contributed by atoms with Crippen molar-refractivity contribution in [2.45, 2.75) is 71.6 Å². The van der Waals surface area contributed by atoms with E-state index in [0.717, 1.165) is 97.1 Å². The van der Waals surface area contributed by atoms with Crippen LogP contribution in [0, 0.1) is 20.8 Å². The predicted molar refractivity (Wildman–Crippen MR) is 235 cm³/mol. The van der Waals surface area contributed by atoms with E-state index in [2.05, 4.69) is 71.0 Å². The third kappa shape index (κ3) is 6.68. The Bertz CT molecular complexity index is 2830. The minimum atomic E-state index is -4.44. The highest BCUT2D eigenvalue weighted by Crippen LogP contribution is 2.58. The van der Waals surface area contributed by atoms with Gasteiger partial charge in [0.05, 0.1) is 11.1 Å². The van der Waals surface area contributed by atoms with Gasteiger partial charge in [0, 0.05) is 45.0 Å². The maximum absolute atomic E-state index is 13.6. The van der Waals surface area contributed by atoms with Gasteiger partial charge in [0.2, 0.25) is 0 Å². The number of anilines is 6. The molecule has 0 heterocycles. The topological polar surface area (TPSA) is 6.48 Å². The Kier molecular flexibility index (Phi) is 9.13. The summed E-state index contributed by atoms with van der Waals surface area (Å²) in [4.78, 5) is 4.03. The Balaban J connectivity index is 1.14. The molecule has 0 saturated carbocycles. The van der Waals surface area contributed by atoms with Crippen LogP contribution in [0.2, 0.25) is 0 Å². The number of hydrogen-bond acceptors (Lipinski definition) is 2. The summed E-state index contributed by atoms with van der Waals surface area (Å²) in [5, 5.41) is 0. The SMILES string of the molecule is Cc1ccc(N(c2ccc(C(F)(F)F)cc2)c2ccc3c(c2)C(C)(C)c2cc4c(cc2-3)C(C)(C)c2cc(N(c3ccc(C)cc3)c3ccc(C(F)(F)F)cc3)cc(C)c2-4)cc1. The van der Waals surface area contributed by atoms with Crippen LogP contribution in [0.1, 0.15) is 77.8 Å². The normalized spacial score (nSPS) is 14.6. The molecule has 7 aromatic rings. The standard InChI is InChI=1S/C53H44F6N2/c1-31-8-16-36(17-9-31)60(38-20-12-34(13-21-38)52(54,55)56)40-24-25-42-43-29-47-44(30-46(43)50(4,5)45(42)27-40)49-33(3)26-41(28-48(49)51(47,6)7)61(37-18-10-32(2)11-19-37)39-22-14-35(15-23-39)53(57,58)59/h8-30H,1-7H3. The summed E-state index contributed by atoms with van der Waals surface area (Å²) in [7, 11) is 0. The lowest BCUT2D eigenvalue weighted by Gasteiger charge is -2.29. The van der Waals surface area contributed by atoms with Gasteiger partial charge in [0.1, 0.15) is 0 Å². The maximum atomic E-state index is 13.6. The quantitative estimate of drug-likeness (QED) is 0.154. The number of hydrogen-bond donors (Lipinski definition) is 0. The number of fused-ring (bicyclic) bond motifs is 6. The zero-order valence-electron chi connectivity index (χ0n) is 34.9. The Morgan fingerprint density at radius 3 is 1.20 bits per heavy atom. The molecule has 0 spiro atoms. The molecule has 8 heteroatoms. The van der Waals surface area contributed by atoms with Crippen molar-refractivity contribution in [3.8, 4) is 22.3 Å². The largest absolute Gasteiger partial charge is 0.416 e. The lowest BCUT2D eigenvalue weighted by molar-refractivity contribution is -0.138. The molecular weight excluding hydrogens is 779 g/mol. The van der Waals surface area contributed by atoms with Crippen molar-refractivity contribution < 1.29 is 26.3 Å². The van der Waals surface area contributed by atoms with Crippen LogP contribution in [-0.4, -0.2) is 0 Å². The molecule has 308 valence electrons. The highest BCUT2D eigenvalue weighted by atomic mass is 19.4. The Hall–Kier alpha value is -6.28. The van der Waals surface area contributed by atoms with E-state index in [0.29, 0.717) is 11.4 Å². The lowest BCUT2D eigenvalue weighted by atomic mass is 9.79. The third-order valence-electron chi connectivity index (χ3n) is 12.7. The van der Waals surface area contributed by atoms with Gasteiger partial charge in [-0.05, 0) is 180 Å². The molecule has 2 aliphatic rings. The van der Waals surface area contributed by atoms with E-state index < -0.39 is 34.3 Å². The number of nitrogens with zero attached hydrogens (tertiary/aromatic N) is 2. The van der Waals surface area contributed by atoms with Crippen LogP contribution in [-0.2, 0) is 23.2 Å². The molecular formula is C53H44F6N2. The van der Waals surface area contributed by atoms with Crippen molar-refractivity contribution in [3.63, 3.8) is 0 Å². The molecule has 2 nitrogen and oxygen atoms in total. The van der Waals surface area contributed by atoms with E-state index in [9.17, 15) is 26.3 Å². The monoisotopic (exact) mass is 822 g/mol. The second kappa shape index (κ2) is 13.9. The summed E-state index contributed by atoms with van der Waals surface area (Å²) in [6, 6.07) is 42.0. The first-order chi connectivity index (χ1) is 28.7. The average molecular weight is 823 g/mol.